The summed E-state index contributed by atoms with van der Waals surface area (Å²) in [6.45, 7) is 1.82. The van der Waals surface area contributed by atoms with Crippen molar-refractivity contribution in [1.29, 1.82) is 0 Å². The maximum atomic E-state index is 13.0. The number of nitrogens with one attached hydrogen (secondary N) is 1. The van der Waals surface area contributed by atoms with Crippen LogP contribution in [0.4, 0.5) is 11.4 Å². The van der Waals surface area contributed by atoms with E-state index in [0.29, 0.717) is 17.1 Å². The fourth-order valence-corrected chi connectivity index (χ4v) is 3.54. The summed E-state index contributed by atoms with van der Waals surface area (Å²) >= 11 is 5.28. The molecule has 0 amide bonds. The van der Waals surface area contributed by atoms with Crippen LogP contribution in [0.5, 0.6) is 5.88 Å². The van der Waals surface area contributed by atoms with Crippen molar-refractivity contribution in [3.63, 3.8) is 0 Å². The molecule has 0 unspecified atom stereocenters. The highest BCUT2D eigenvalue weighted by atomic mass is 32.1. The average molecular weight is 420 g/mol. The van der Waals surface area contributed by atoms with Crippen molar-refractivity contribution in [1.82, 2.24) is 13.9 Å². The lowest BCUT2D eigenvalue weighted by atomic mass is 10.2. The fraction of sp³-hybridized carbons (Fsp3) is 0.143. The van der Waals surface area contributed by atoms with Gasteiger partial charge in [-0.2, -0.15) is 0 Å². The van der Waals surface area contributed by atoms with Crippen molar-refractivity contribution in [2.24, 2.45) is 24.3 Å². The van der Waals surface area contributed by atoms with Gasteiger partial charge >= 0.3 is 0 Å². The van der Waals surface area contributed by atoms with E-state index >= 15 is 0 Å². The summed E-state index contributed by atoms with van der Waals surface area (Å²) in [6.07, 6.45) is 0. The number of thiocarbonyl (C=S) groups is 1. The Morgan fingerprint density at radius 1 is 1.07 bits per heavy atom. The van der Waals surface area contributed by atoms with Crippen LogP contribution in [0.3, 0.4) is 0 Å². The number of anilines is 1. The zero-order valence-electron chi connectivity index (χ0n) is 16.7. The van der Waals surface area contributed by atoms with Crippen LogP contribution in [0.25, 0.3) is 16.6 Å². The van der Waals surface area contributed by atoms with Crippen LogP contribution in [0.2, 0.25) is 0 Å². The van der Waals surface area contributed by atoms with Gasteiger partial charge in [-0.05, 0) is 37.3 Å². The van der Waals surface area contributed by atoms with E-state index in [-0.39, 0.29) is 16.6 Å². The normalized spacial score (nSPS) is 11.4. The number of azo groups is 1. The molecule has 8 nitrogen and oxygen atoms in total. The molecule has 9 heteroatoms. The molecule has 4 aromatic rings. The van der Waals surface area contributed by atoms with Gasteiger partial charge in [-0.1, -0.05) is 36.4 Å². The highest BCUT2D eigenvalue weighted by Crippen LogP contribution is 2.37. The van der Waals surface area contributed by atoms with E-state index in [2.05, 4.69) is 15.5 Å². The summed E-state index contributed by atoms with van der Waals surface area (Å²) in [5.41, 5.74) is 2.68. The van der Waals surface area contributed by atoms with Crippen molar-refractivity contribution in [2.75, 3.05) is 5.32 Å². The van der Waals surface area contributed by atoms with E-state index in [1.165, 1.54) is 0 Å². The SMILES string of the molecule is Cc1c(NC(=S)N=Nc2c(O)n(C)c3ccccc23)c(=O)n(-c2ccccc2)n1C. The molecule has 0 aliphatic heterocycles. The van der Waals surface area contributed by atoms with Crippen LogP contribution < -0.4 is 10.9 Å². The molecule has 0 spiro atoms. The van der Waals surface area contributed by atoms with Gasteiger partial charge in [0.15, 0.2) is 5.69 Å². The van der Waals surface area contributed by atoms with E-state index in [1.807, 2.05) is 61.5 Å². The van der Waals surface area contributed by atoms with Crippen molar-refractivity contribution in [3.05, 3.63) is 70.6 Å². The molecule has 0 atom stereocenters. The van der Waals surface area contributed by atoms with Gasteiger partial charge in [-0.3, -0.25) is 9.48 Å². The molecule has 152 valence electrons. The highest BCUT2D eigenvalue weighted by molar-refractivity contribution is 7.80. The van der Waals surface area contributed by atoms with Crippen LogP contribution in [-0.2, 0) is 14.1 Å². The van der Waals surface area contributed by atoms with Crippen LogP contribution in [0.15, 0.2) is 69.6 Å². The van der Waals surface area contributed by atoms with Gasteiger partial charge in [0.25, 0.3) is 5.56 Å². The number of hydrogen-bond acceptors (Lipinski definition) is 4. The molecule has 2 aromatic heterocycles. The minimum Gasteiger partial charge on any atom is -0.493 e. The van der Waals surface area contributed by atoms with Crippen molar-refractivity contribution >= 4 is 39.6 Å². The lowest BCUT2D eigenvalue weighted by molar-refractivity contribution is 0.436. The first-order valence-electron chi connectivity index (χ1n) is 9.23. The van der Waals surface area contributed by atoms with Gasteiger partial charge in [0.2, 0.25) is 11.0 Å². The smallest absolute Gasteiger partial charge is 0.295 e. The highest BCUT2D eigenvalue weighted by Gasteiger charge is 2.17. The molecular formula is C21H20N6O2S. The predicted octanol–water partition coefficient (Wildman–Crippen LogP) is 4.16. The summed E-state index contributed by atoms with van der Waals surface area (Å²) in [5, 5.41) is 22.2. The van der Waals surface area contributed by atoms with Gasteiger partial charge in [-0.25, -0.2) is 4.68 Å². The lowest BCUT2D eigenvalue weighted by Gasteiger charge is -2.07. The molecule has 0 aliphatic carbocycles. The van der Waals surface area contributed by atoms with Gasteiger partial charge in [0.1, 0.15) is 5.69 Å². The standard InChI is InChI=1S/C21H20N6O2S/c1-13-17(20(29)27(26(13)3)14-9-5-4-6-10-14)22-21(30)24-23-18-15-11-7-8-12-16(15)25(2)19(18)28/h4-12,28H,1-3H3,(H,22,30). The minimum absolute atomic E-state index is 0.00919. The summed E-state index contributed by atoms with van der Waals surface area (Å²) in [5.74, 6) is -0.00919. The largest absolute Gasteiger partial charge is 0.493 e. The Morgan fingerprint density at radius 2 is 1.73 bits per heavy atom. The number of aromatic hydroxyl groups is 1. The van der Waals surface area contributed by atoms with Crippen molar-refractivity contribution in [3.8, 4) is 11.6 Å². The Kier molecular flexibility index (Phi) is 4.96. The van der Waals surface area contributed by atoms with E-state index in [0.717, 1.165) is 16.6 Å². The van der Waals surface area contributed by atoms with E-state index in [1.54, 1.807) is 28.0 Å². The van der Waals surface area contributed by atoms with E-state index in [9.17, 15) is 9.90 Å². The molecule has 2 heterocycles. The summed E-state index contributed by atoms with van der Waals surface area (Å²) in [6, 6.07) is 16.8. The maximum absolute atomic E-state index is 13.0. The lowest BCUT2D eigenvalue weighted by Crippen LogP contribution is -2.21. The molecule has 0 saturated heterocycles. The minimum atomic E-state index is -0.244. The second-order valence-corrected chi connectivity index (χ2v) is 7.20. The number of aromatic nitrogens is 3. The molecule has 30 heavy (non-hydrogen) atoms. The first-order valence-corrected chi connectivity index (χ1v) is 9.64. The third-order valence-electron chi connectivity index (χ3n) is 5.08. The van der Waals surface area contributed by atoms with E-state index < -0.39 is 0 Å². The third kappa shape index (κ3) is 3.18. The first-order chi connectivity index (χ1) is 14.4. The number of hydrogen-bond donors (Lipinski definition) is 2. The molecule has 0 fully saturated rings. The van der Waals surface area contributed by atoms with Crippen molar-refractivity contribution < 1.29 is 5.11 Å². The van der Waals surface area contributed by atoms with Crippen LogP contribution >= 0.6 is 12.2 Å². The Morgan fingerprint density at radius 3 is 2.47 bits per heavy atom. The summed E-state index contributed by atoms with van der Waals surface area (Å²) < 4.78 is 4.92. The van der Waals surface area contributed by atoms with Crippen LogP contribution in [0, 0.1) is 6.92 Å². The zero-order valence-corrected chi connectivity index (χ0v) is 17.5. The van der Waals surface area contributed by atoms with Crippen molar-refractivity contribution in [2.45, 2.75) is 6.92 Å². The Hall–Kier alpha value is -3.72. The second-order valence-electron chi connectivity index (χ2n) is 6.82. The van der Waals surface area contributed by atoms with Crippen LogP contribution in [0.1, 0.15) is 5.69 Å². The van der Waals surface area contributed by atoms with Gasteiger partial charge in [0, 0.05) is 19.5 Å². The first kappa shape index (κ1) is 19.6. The number of nitrogens with zero attached hydrogens (tertiary/aromatic N) is 5. The third-order valence-corrected chi connectivity index (χ3v) is 5.26. The fourth-order valence-electron chi connectivity index (χ4n) is 3.40. The Balaban J connectivity index is 1.65. The molecule has 0 radical (unpaired) electrons. The maximum Gasteiger partial charge on any atom is 0.295 e. The average Bonchev–Trinajstić information content (AvgIpc) is 3.12. The quantitative estimate of drug-likeness (QED) is 0.385. The number of benzene rings is 2. The number of fused-ring (bicyclic) bond motifs is 1. The Bertz CT molecular complexity index is 1350. The predicted molar refractivity (Wildman–Crippen MR) is 121 cm³/mol. The summed E-state index contributed by atoms with van der Waals surface area (Å²) in [7, 11) is 3.54. The second kappa shape index (κ2) is 7.60. The molecule has 2 N–H and O–H groups in total. The molecule has 0 aliphatic rings. The molecule has 0 saturated carbocycles. The molecule has 2 aromatic carbocycles. The summed E-state index contributed by atoms with van der Waals surface area (Å²) in [4.78, 5) is 13.0. The monoisotopic (exact) mass is 420 g/mol. The van der Waals surface area contributed by atoms with E-state index in [4.69, 9.17) is 12.2 Å². The van der Waals surface area contributed by atoms with Gasteiger partial charge in [-0.15, -0.1) is 10.2 Å². The van der Waals surface area contributed by atoms with Crippen LogP contribution in [-0.4, -0.2) is 24.1 Å². The topological polar surface area (TPSA) is 88.8 Å². The zero-order chi connectivity index (χ0) is 21.4. The van der Waals surface area contributed by atoms with Gasteiger partial charge < -0.3 is 15.0 Å². The Labute approximate surface area is 177 Å². The number of aryl methyl sites for hydroxylation is 1. The number of para-hydroxylation sites is 2. The molecule has 4 rings (SSSR count). The molecule has 0 bridgehead atoms. The number of rotatable bonds is 3. The molecular weight excluding hydrogens is 400 g/mol. The van der Waals surface area contributed by atoms with Gasteiger partial charge in [0.05, 0.1) is 16.9 Å².